The number of benzene rings is 1. The van der Waals surface area contributed by atoms with Gasteiger partial charge in [0.2, 0.25) is 18.2 Å². The largest absolute Gasteiger partial charge is 0.353 e. The van der Waals surface area contributed by atoms with Gasteiger partial charge in [-0.3, -0.25) is 34.1 Å². The molecule has 1 unspecified atom stereocenters. The first-order valence-electron chi connectivity index (χ1n) is 9.26. The quantitative estimate of drug-likeness (QED) is 0.492. The minimum Gasteiger partial charge on any atom is -0.353 e. The highest BCUT2D eigenvalue weighted by atomic mass is 16.2. The van der Waals surface area contributed by atoms with Crippen molar-refractivity contribution >= 4 is 24.5 Å². The molecule has 0 aliphatic carbocycles. The van der Waals surface area contributed by atoms with Crippen molar-refractivity contribution in [2.24, 2.45) is 7.05 Å². The van der Waals surface area contributed by atoms with Gasteiger partial charge in [0, 0.05) is 31.1 Å². The number of amides is 3. The summed E-state index contributed by atoms with van der Waals surface area (Å²) in [6, 6.07) is 6.79. The summed E-state index contributed by atoms with van der Waals surface area (Å²) in [6.45, 7) is 0.681. The molecule has 0 bridgehead atoms. The van der Waals surface area contributed by atoms with Crippen LogP contribution in [0.2, 0.25) is 0 Å². The molecule has 152 valence electrons. The van der Waals surface area contributed by atoms with Gasteiger partial charge in [0.05, 0.1) is 24.0 Å². The number of hydrogen-bond acceptors (Lipinski definition) is 6. The van der Waals surface area contributed by atoms with Gasteiger partial charge in [-0.2, -0.15) is 5.10 Å². The number of nitrogens with zero attached hydrogens (tertiary/aromatic N) is 3. The van der Waals surface area contributed by atoms with Crippen LogP contribution in [0.25, 0.3) is 11.3 Å². The van der Waals surface area contributed by atoms with Crippen molar-refractivity contribution in [3.8, 4) is 11.3 Å². The Kier molecular flexibility index (Phi) is 6.18. The molecular formula is C20H23N5O4. The van der Waals surface area contributed by atoms with Gasteiger partial charge < -0.3 is 5.32 Å². The fraction of sp³-hybridized carbons (Fsp3) is 0.350. The second-order valence-corrected chi connectivity index (χ2v) is 7.02. The number of nitrogens with one attached hydrogen (secondary N) is 2. The SMILES string of the molecule is CN(Cc1c(C=O)cccc1-c1cc(CNC=O)n(C)n1)C1CCC(=O)NC1=O. The van der Waals surface area contributed by atoms with Crippen LogP contribution in [0.4, 0.5) is 0 Å². The first-order valence-corrected chi connectivity index (χ1v) is 9.26. The molecule has 0 radical (unpaired) electrons. The van der Waals surface area contributed by atoms with Gasteiger partial charge in [0.25, 0.3) is 0 Å². The van der Waals surface area contributed by atoms with Gasteiger partial charge in [-0.15, -0.1) is 0 Å². The Morgan fingerprint density at radius 3 is 2.83 bits per heavy atom. The maximum atomic E-state index is 12.2. The Hall–Kier alpha value is -3.33. The predicted octanol–water partition coefficient (Wildman–Crippen LogP) is 0.383. The van der Waals surface area contributed by atoms with Crippen LogP contribution in [0, 0.1) is 0 Å². The molecule has 0 spiro atoms. The van der Waals surface area contributed by atoms with Gasteiger partial charge >= 0.3 is 0 Å². The molecule has 1 aliphatic rings. The van der Waals surface area contributed by atoms with Crippen LogP contribution in [0.5, 0.6) is 0 Å². The molecule has 1 aromatic carbocycles. The summed E-state index contributed by atoms with van der Waals surface area (Å²) in [6.07, 6.45) is 2.14. The Balaban J connectivity index is 1.92. The lowest BCUT2D eigenvalue weighted by molar-refractivity contribution is -0.137. The number of likely N-dealkylation sites (N-methyl/N-ethyl adjacent to an activating group) is 1. The van der Waals surface area contributed by atoms with Crippen LogP contribution in [-0.2, 0) is 34.5 Å². The van der Waals surface area contributed by atoms with Crippen molar-refractivity contribution < 1.29 is 19.2 Å². The standard InChI is InChI=1S/C20H23N5O4/c1-24(18-6-7-19(28)22-20(18)29)10-16-13(11-26)4-3-5-15(16)17-8-14(9-21-12-27)25(2)23-17/h3-5,8,11-12,18H,6-7,9-10H2,1-2H3,(H,21,27)(H,22,28,29). The number of aryl methyl sites for hydroxylation is 1. The lowest BCUT2D eigenvalue weighted by Gasteiger charge is -2.30. The number of aromatic nitrogens is 2. The van der Waals surface area contributed by atoms with Gasteiger partial charge in [0.1, 0.15) is 6.29 Å². The topological polar surface area (TPSA) is 113 Å². The van der Waals surface area contributed by atoms with E-state index < -0.39 is 6.04 Å². The molecule has 3 rings (SSSR count). The molecule has 9 heteroatoms. The monoisotopic (exact) mass is 397 g/mol. The first kappa shape index (κ1) is 20.4. The molecule has 2 N–H and O–H groups in total. The molecule has 2 heterocycles. The number of piperidine rings is 1. The molecule has 3 amide bonds. The molecule has 29 heavy (non-hydrogen) atoms. The van der Waals surface area contributed by atoms with Gasteiger partial charge in [-0.05, 0) is 25.1 Å². The molecule has 1 aliphatic heterocycles. The number of hydrogen-bond donors (Lipinski definition) is 2. The Morgan fingerprint density at radius 2 is 2.14 bits per heavy atom. The molecule has 9 nitrogen and oxygen atoms in total. The zero-order chi connectivity index (χ0) is 21.0. The van der Waals surface area contributed by atoms with Crippen molar-refractivity contribution in [2.45, 2.75) is 32.0 Å². The molecular weight excluding hydrogens is 374 g/mol. The van der Waals surface area contributed by atoms with Crippen LogP contribution in [-0.4, -0.2) is 52.3 Å². The second-order valence-electron chi connectivity index (χ2n) is 7.02. The van der Waals surface area contributed by atoms with E-state index in [-0.39, 0.29) is 18.2 Å². The van der Waals surface area contributed by atoms with E-state index in [1.54, 1.807) is 30.9 Å². The minimum atomic E-state index is -0.448. The van der Waals surface area contributed by atoms with Gasteiger partial charge in [0.15, 0.2) is 0 Å². The van der Waals surface area contributed by atoms with E-state index >= 15 is 0 Å². The van der Waals surface area contributed by atoms with Crippen molar-refractivity contribution in [1.29, 1.82) is 0 Å². The second kappa shape index (κ2) is 8.78. The maximum absolute atomic E-state index is 12.2. The molecule has 2 aromatic rings. The van der Waals surface area contributed by atoms with Crippen molar-refractivity contribution in [3.63, 3.8) is 0 Å². The van der Waals surface area contributed by atoms with E-state index in [1.807, 2.05) is 17.0 Å². The Morgan fingerprint density at radius 1 is 1.34 bits per heavy atom. The predicted molar refractivity (Wildman–Crippen MR) is 105 cm³/mol. The Labute approximate surface area is 168 Å². The minimum absolute atomic E-state index is 0.265. The number of rotatable bonds is 8. The summed E-state index contributed by atoms with van der Waals surface area (Å²) in [5.74, 6) is -0.590. The van der Waals surface area contributed by atoms with E-state index in [4.69, 9.17) is 0 Å². The number of carbonyl (C=O) groups is 4. The highest BCUT2D eigenvalue weighted by molar-refractivity contribution is 6.00. The fourth-order valence-corrected chi connectivity index (χ4v) is 3.54. The lowest BCUT2D eigenvalue weighted by atomic mass is 9.97. The normalized spacial score (nSPS) is 16.6. The lowest BCUT2D eigenvalue weighted by Crippen LogP contribution is -2.51. The highest BCUT2D eigenvalue weighted by Crippen LogP contribution is 2.28. The number of aldehydes is 1. The van der Waals surface area contributed by atoms with E-state index in [2.05, 4.69) is 15.7 Å². The molecule has 0 saturated carbocycles. The smallest absolute Gasteiger partial charge is 0.243 e. The van der Waals surface area contributed by atoms with E-state index in [0.29, 0.717) is 37.2 Å². The van der Waals surface area contributed by atoms with Gasteiger partial charge in [-0.25, -0.2) is 0 Å². The van der Waals surface area contributed by atoms with Crippen molar-refractivity contribution in [3.05, 3.63) is 41.1 Å². The zero-order valence-electron chi connectivity index (χ0n) is 16.3. The first-order chi connectivity index (χ1) is 13.9. The maximum Gasteiger partial charge on any atom is 0.243 e. The van der Waals surface area contributed by atoms with Gasteiger partial charge in [-0.1, -0.05) is 18.2 Å². The number of imide groups is 1. The van der Waals surface area contributed by atoms with E-state index in [0.717, 1.165) is 23.1 Å². The van der Waals surface area contributed by atoms with Crippen LogP contribution in [0.1, 0.15) is 34.5 Å². The third kappa shape index (κ3) is 4.40. The number of carbonyl (C=O) groups excluding carboxylic acids is 4. The fourth-order valence-electron chi connectivity index (χ4n) is 3.54. The third-order valence-corrected chi connectivity index (χ3v) is 5.11. The van der Waals surface area contributed by atoms with Crippen LogP contribution in [0.3, 0.4) is 0 Å². The summed E-state index contributed by atoms with van der Waals surface area (Å²) in [5.41, 5.74) is 3.53. The van der Waals surface area contributed by atoms with E-state index in [9.17, 15) is 19.2 Å². The Bertz CT molecular complexity index is 952. The van der Waals surface area contributed by atoms with Crippen molar-refractivity contribution in [1.82, 2.24) is 25.3 Å². The molecule has 1 fully saturated rings. The van der Waals surface area contributed by atoms with E-state index in [1.165, 1.54) is 0 Å². The average Bonchev–Trinajstić information content (AvgIpc) is 3.06. The molecule has 1 saturated heterocycles. The third-order valence-electron chi connectivity index (χ3n) is 5.11. The van der Waals surface area contributed by atoms with Crippen LogP contribution >= 0.6 is 0 Å². The molecule has 1 atom stereocenters. The van der Waals surface area contributed by atoms with Crippen LogP contribution in [0.15, 0.2) is 24.3 Å². The zero-order valence-corrected chi connectivity index (χ0v) is 16.3. The van der Waals surface area contributed by atoms with Crippen molar-refractivity contribution in [2.75, 3.05) is 7.05 Å². The summed E-state index contributed by atoms with van der Waals surface area (Å²) in [7, 11) is 3.58. The van der Waals surface area contributed by atoms with Crippen LogP contribution < -0.4 is 10.6 Å². The summed E-state index contributed by atoms with van der Waals surface area (Å²) >= 11 is 0. The summed E-state index contributed by atoms with van der Waals surface area (Å²) < 4.78 is 1.67. The molecule has 1 aromatic heterocycles. The summed E-state index contributed by atoms with van der Waals surface area (Å²) in [4.78, 5) is 47.7. The summed E-state index contributed by atoms with van der Waals surface area (Å²) in [5, 5.41) is 9.49. The highest BCUT2D eigenvalue weighted by Gasteiger charge is 2.30. The average molecular weight is 397 g/mol.